The molecule has 0 saturated carbocycles. The van der Waals surface area contributed by atoms with Gasteiger partial charge in [0.2, 0.25) is 5.76 Å². The first-order valence-corrected chi connectivity index (χ1v) is 6.18. The lowest BCUT2D eigenvalue weighted by Gasteiger charge is -2.16. The van der Waals surface area contributed by atoms with Crippen LogP contribution in [0.5, 0.6) is 0 Å². The lowest BCUT2D eigenvalue weighted by Crippen LogP contribution is -2.18. The first-order chi connectivity index (χ1) is 9.56. The first-order valence-electron chi connectivity index (χ1n) is 6.18. The predicted octanol–water partition coefficient (Wildman–Crippen LogP) is 2.82. The number of halogens is 1. The van der Waals surface area contributed by atoms with Crippen molar-refractivity contribution in [3.8, 4) is 0 Å². The maximum absolute atomic E-state index is 13.2. The second kappa shape index (κ2) is 5.88. The number of rotatable bonds is 4. The number of hydrogen-bond donors (Lipinski definition) is 1. The number of methoxy groups -OCH3 is 1. The monoisotopic (exact) mass is 277 g/mol. The Labute approximate surface area is 116 Å². The minimum Gasteiger partial charge on any atom is -0.463 e. The fourth-order valence-corrected chi connectivity index (χ4v) is 2.13. The van der Waals surface area contributed by atoms with E-state index in [2.05, 4.69) is 10.1 Å². The van der Waals surface area contributed by atoms with Crippen molar-refractivity contribution in [1.82, 2.24) is 5.32 Å². The van der Waals surface area contributed by atoms with Gasteiger partial charge in [0, 0.05) is 0 Å². The van der Waals surface area contributed by atoms with Crippen molar-refractivity contribution < 1.29 is 18.3 Å². The molecule has 0 fully saturated rings. The Morgan fingerprint density at radius 1 is 1.35 bits per heavy atom. The molecule has 2 rings (SSSR count). The quantitative estimate of drug-likeness (QED) is 0.873. The summed E-state index contributed by atoms with van der Waals surface area (Å²) in [5.74, 6) is -0.0946. The van der Waals surface area contributed by atoms with Gasteiger partial charge in [0.1, 0.15) is 11.6 Å². The summed E-state index contributed by atoms with van der Waals surface area (Å²) in [5, 5.41) is 3.10. The van der Waals surface area contributed by atoms with Crippen LogP contribution in [0.1, 0.15) is 33.5 Å². The molecule has 1 aromatic carbocycles. The van der Waals surface area contributed by atoms with Crippen LogP contribution in [0.25, 0.3) is 0 Å². The van der Waals surface area contributed by atoms with Gasteiger partial charge in [0.05, 0.1) is 13.2 Å². The smallest absolute Gasteiger partial charge is 0.373 e. The molecule has 1 heterocycles. The zero-order chi connectivity index (χ0) is 14.7. The van der Waals surface area contributed by atoms with Crippen LogP contribution in [-0.2, 0) is 4.74 Å². The highest BCUT2D eigenvalue weighted by Crippen LogP contribution is 2.26. The van der Waals surface area contributed by atoms with Crippen LogP contribution >= 0.6 is 0 Å². The van der Waals surface area contributed by atoms with Crippen LogP contribution in [-0.4, -0.2) is 20.1 Å². The van der Waals surface area contributed by atoms with Crippen molar-refractivity contribution in [3.63, 3.8) is 0 Å². The van der Waals surface area contributed by atoms with Gasteiger partial charge in [0.15, 0.2) is 0 Å². The van der Waals surface area contributed by atoms with Crippen LogP contribution in [0.4, 0.5) is 4.39 Å². The average molecular weight is 277 g/mol. The molecule has 0 spiro atoms. The molecule has 0 aliphatic rings. The highest BCUT2D eigenvalue weighted by atomic mass is 19.1. The lowest BCUT2D eigenvalue weighted by atomic mass is 9.99. The Balaban J connectivity index is 2.37. The Morgan fingerprint density at radius 2 is 2.10 bits per heavy atom. The Bertz CT molecular complexity index is 621. The van der Waals surface area contributed by atoms with Crippen molar-refractivity contribution in [3.05, 3.63) is 58.8 Å². The largest absolute Gasteiger partial charge is 0.463 e. The van der Waals surface area contributed by atoms with E-state index >= 15 is 0 Å². The summed E-state index contributed by atoms with van der Waals surface area (Å²) in [6, 6.07) is 7.57. The Morgan fingerprint density at radius 3 is 2.70 bits per heavy atom. The van der Waals surface area contributed by atoms with E-state index in [1.165, 1.54) is 19.2 Å². The molecule has 1 unspecified atom stereocenters. The van der Waals surface area contributed by atoms with E-state index in [1.54, 1.807) is 25.2 Å². The summed E-state index contributed by atoms with van der Waals surface area (Å²) in [4.78, 5) is 11.4. The fraction of sp³-hybridized carbons (Fsp3) is 0.267. The lowest BCUT2D eigenvalue weighted by molar-refractivity contribution is 0.0562. The standard InChI is InChI=1S/C15H16FNO3/c1-9-8-10(16)4-5-11(9)14(17-2)12-6-7-13(20-12)15(18)19-3/h4-8,14,17H,1-3H3. The van der Waals surface area contributed by atoms with Gasteiger partial charge in [-0.15, -0.1) is 0 Å². The zero-order valence-corrected chi connectivity index (χ0v) is 11.6. The molecule has 1 aromatic heterocycles. The van der Waals surface area contributed by atoms with Gasteiger partial charge in [-0.2, -0.15) is 0 Å². The number of benzene rings is 1. The number of esters is 1. The van der Waals surface area contributed by atoms with E-state index in [-0.39, 0.29) is 17.6 Å². The normalized spacial score (nSPS) is 12.2. The molecule has 5 heteroatoms. The average Bonchev–Trinajstić information content (AvgIpc) is 2.90. The fourth-order valence-electron chi connectivity index (χ4n) is 2.13. The Kier molecular flexibility index (Phi) is 4.20. The molecule has 0 aliphatic carbocycles. The summed E-state index contributed by atoms with van der Waals surface area (Å²) in [7, 11) is 3.07. The summed E-state index contributed by atoms with van der Waals surface area (Å²) in [5.41, 5.74) is 1.69. The van der Waals surface area contributed by atoms with Gasteiger partial charge < -0.3 is 14.5 Å². The minimum absolute atomic E-state index is 0.141. The second-order valence-electron chi connectivity index (χ2n) is 4.42. The zero-order valence-electron chi connectivity index (χ0n) is 11.6. The molecular weight excluding hydrogens is 261 g/mol. The highest BCUT2D eigenvalue weighted by Gasteiger charge is 2.20. The van der Waals surface area contributed by atoms with E-state index < -0.39 is 5.97 Å². The van der Waals surface area contributed by atoms with Crippen molar-refractivity contribution in [1.29, 1.82) is 0 Å². The third-order valence-corrected chi connectivity index (χ3v) is 3.13. The maximum Gasteiger partial charge on any atom is 0.373 e. The third-order valence-electron chi connectivity index (χ3n) is 3.13. The number of aryl methyl sites for hydroxylation is 1. The maximum atomic E-state index is 13.2. The van der Waals surface area contributed by atoms with Crippen molar-refractivity contribution in [2.45, 2.75) is 13.0 Å². The molecule has 0 aliphatic heterocycles. The van der Waals surface area contributed by atoms with E-state index in [0.29, 0.717) is 5.76 Å². The molecule has 2 aromatic rings. The summed E-state index contributed by atoms with van der Waals surface area (Å²) in [6.07, 6.45) is 0. The number of ether oxygens (including phenoxy) is 1. The molecule has 1 atom stereocenters. The van der Waals surface area contributed by atoms with Crippen LogP contribution in [0, 0.1) is 12.7 Å². The van der Waals surface area contributed by atoms with E-state index in [9.17, 15) is 9.18 Å². The van der Waals surface area contributed by atoms with Gasteiger partial charge in [-0.05, 0) is 49.4 Å². The minimum atomic E-state index is -0.526. The molecule has 106 valence electrons. The van der Waals surface area contributed by atoms with Gasteiger partial charge in [-0.1, -0.05) is 6.07 Å². The van der Waals surface area contributed by atoms with E-state index in [0.717, 1.165) is 11.1 Å². The predicted molar refractivity (Wildman–Crippen MR) is 72.1 cm³/mol. The van der Waals surface area contributed by atoms with E-state index in [1.807, 2.05) is 6.92 Å². The summed E-state index contributed by atoms with van der Waals surface area (Å²) < 4.78 is 23.3. The summed E-state index contributed by atoms with van der Waals surface area (Å²) in [6.45, 7) is 1.83. The third kappa shape index (κ3) is 2.72. The van der Waals surface area contributed by atoms with Gasteiger partial charge in [0.25, 0.3) is 0 Å². The highest BCUT2D eigenvalue weighted by molar-refractivity contribution is 5.86. The summed E-state index contributed by atoms with van der Waals surface area (Å²) >= 11 is 0. The van der Waals surface area contributed by atoms with Crippen molar-refractivity contribution >= 4 is 5.97 Å². The molecule has 0 amide bonds. The van der Waals surface area contributed by atoms with Crippen molar-refractivity contribution in [2.24, 2.45) is 0 Å². The first kappa shape index (κ1) is 14.3. The Hall–Kier alpha value is -2.14. The van der Waals surface area contributed by atoms with Crippen LogP contribution < -0.4 is 5.32 Å². The molecule has 20 heavy (non-hydrogen) atoms. The molecule has 4 nitrogen and oxygen atoms in total. The number of nitrogens with one attached hydrogen (secondary N) is 1. The van der Waals surface area contributed by atoms with Gasteiger partial charge in [-0.3, -0.25) is 0 Å². The van der Waals surface area contributed by atoms with Gasteiger partial charge in [-0.25, -0.2) is 9.18 Å². The van der Waals surface area contributed by atoms with Crippen molar-refractivity contribution in [2.75, 3.05) is 14.2 Å². The van der Waals surface area contributed by atoms with Gasteiger partial charge >= 0.3 is 5.97 Å². The molecule has 0 radical (unpaired) electrons. The number of furan rings is 1. The topological polar surface area (TPSA) is 51.5 Å². The molecular formula is C15H16FNO3. The SMILES string of the molecule is CNC(c1ccc(C(=O)OC)o1)c1ccc(F)cc1C. The second-order valence-corrected chi connectivity index (χ2v) is 4.42. The molecule has 1 N–H and O–H groups in total. The number of hydrogen-bond acceptors (Lipinski definition) is 4. The molecule has 0 bridgehead atoms. The van der Waals surface area contributed by atoms with E-state index in [4.69, 9.17) is 4.42 Å². The van der Waals surface area contributed by atoms with Crippen LogP contribution in [0.15, 0.2) is 34.7 Å². The van der Waals surface area contributed by atoms with Crippen LogP contribution in [0.2, 0.25) is 0 Å². The molecule has 0 saturated heterocycles. The number of carbonyl (C=O) groups excluding carboxylic acids is 1. The number of carbonyl (C=O) groups is 1. The van der Waals surface area contributed by atoms with Crippen LogP contribution in [0.3, 0.4) is 0 Å².